The van der Waals surface area contributed by atoms with Crippen molar-refractivity contribution in [3.05, 3.63) is 35.9 Å². The van der Waals surface area contributed by atoms with Crippen LogP contribution in [0.3, 0.4) is 0 Å². The lowest BCUT2D eigenvalue weighted by Gasteiger charge is -2.34. The Hall–Kier alpha value is -1.06. The molecule has 2 rings (SSSR count). The fourth-order valence-electron chi connectivity index (χ4n) is 2.66. The molecule has 1 aliphatic rings. The van der Waals surface area contributed by atoms with Crippen LogP contribution >= 0.6 is 12.4 Å². The summed E-state index contributed by atoms with van der Waals surface area (Å²) >= 11 is 0. The van der Waals surface area contributed by atoms with Crippen LogP contribution in [-0.2, 0) is 15.1 Å². The van der Waals surface area contributed by atoms with Crippen molar-refractivity contribution in [3.8, 4) is 0 Å². The van der Waals surface area contributed by atoms with E-state index in [1.807, 2.05) is 30.3 Å². The Labute approximate surface area is 115 Å². The van der Waals surface area contributed by atoms with Crippen molar-refractivity contribution in [1.82, 2.24) is 4.90 Å². The summed E-state index contributed by atoms with van der Waals surface area (Å²) in [5.41, 5.74) is 0.606. The Morgan fingerprint density at radius 3 is 2.44 bits per heavy atom. The second-order valence-corrected chi connectivity index (χ2v) is 4.76. The molecule has 100 valence electrons. The van der Waals surface area contributed by atoms with Crippen molar-refractivity contribution in [1.29, 1.82) is 0 Å². The minimum Gasteiger partial charge on any atom is -0.453 e. The van der Waals surface area contributed by atoms with Gasteiger partial charge in [0, 0.05) is 19.9 Å². The van der Waals surface area contributed by atoms with Crippen LogP contribution in [0.25, 0.3) is 0 Å². The molecule has 1 aromatic rings. The molecule has 2 atom stereocenters. The minimum atomic E-state index is -0.484. The normalized spacial score (nSPS) is 27.6. The maximum Gasteiger partial charge on any atom is 0.303 e. The van der Waals surface area contributed by atoms with Crippen molar-refractivity contribution in [2.75, 3.05) is 13.6 Å². The van der Waals surface area contributed by atoms with E-state index in [0.717, 1.165) is 18.5 Å². The Morgan fingerprint density at radius 2 is 2.00 bits per heavy atom. The van der Waals surface area contributed by atoms with E-state index in [4.69, 9.17) is 4.74 Å². The van der Waals surface area contributed by atoms with Gasteiger partial charge in [-0.05, 0) is 19.5 Å². The van der Waals surface area contributed by atoms with E-state index in [2.05, 4.69) is 18.9 Å². The van der Waals surface area contributed by atoms with Crippen LogP contribution in [-0.4, -0.2) is 30.5 Å². The van der Waals surface area contributed by atoms with Crippen LogP contribution in [0.4, 0.5) is 0 Å². The fourth-order valence-corrected chi connectivity index (χ4v) is 2.66. The van der Waals surface area contributed by atoms with E-state index in [-0.39, 0.29) is 24.4 Å². The Morgan fingerprint density at radius 1 is 1.39 bits per heavy atom. The SMILES string of the molecule is CC(=O)OC1(c2ccccc2)CCN(C)C1C.Cl. The van der Waals surface area contributed by atoms with Crippen molar-refractivity contribution in [3.63, 3.8) is 0 Å². The summed E-state index contributed by atoms with van der Waals surface area (Å²) in [6.45, 7) is 4.54. The predicted octanol–water partition coefficient (Wildman–Crippen LogP) is 2.59. The molecule has 3 nitrogen and oxygen atoms in total. The average molecular weight is 270 g/mol. The predicted molar refractivity (Wildman–Crippen MR) is 73.8 cm³/mol. The lowest BCUT2D eigenvalue weighted by Crippen LogP contribution is -2.42. The Bertz CT molecular complexity index is 410. The van der Waals surface area contributed by atoms with Crippen molar-refractivity contribution < 1.29 is 9.53 Å². The lowest BCUT2D eigenvalue weighted by molar-refractivity contribution is -0.160. The molecule has 1 fully saturated rings. The molecule has 0 N–H and O–H groups in total. The third-order valence-electron chi connectivity index (χ3n) is 3.76. The number of rotatable bonds is 2. The molecule has 1 aliphatic heterocycles. The highest BCUT2D eigenvalue weighted by Crippen LogP contribution is 2.40. The van der Waals surface area contributed by atoms with E-state index < -0.39 is 5.60 Å². The molecule has 0 radical (unpaired) electrons. The number of carbonyl (C=O) groups is 1. The van der Waals surface area contributed by atoms with Gasteiger partial charge in [0.1, 0.15) is 0 Å². The largest absolute Gasteiger partial charge is 0.453 e. The van der Waals surface area contributed by atoms with Crippen LogP contribution in [0, 0.1) is 0 Å². The topological polar surface area (TPSA) is 29.5 Å². The molecule has 0 aliphatic carbocycles. The maximum absolute atomic E-state index is 11.4. The summed E-state index contributed by atoms with van der Waals surface area (Å²) in [6.07, 6.45) is 0.855. The molecule has 2 unspecified atom stereocenters. The van der Waals surface area contributed by atoms with E-state index in [9.17, 15) is 4.79 Å². The van der Waals surface area contributed by atoms with Gasteiger partial charge in [-0.1, -0.05) is 30.3 Å². The molecule has 0 aromatic heterocycles. The van der Waals surface area contributed by atoms with Crippen LogP contribution in [0.15, 0.2) is 30.3 Å². The van der Waals surface area contributed by atoms with Gasteiger partial charge in [0.2, 0.25) is 0 Å². The smallest absolute Gasteiger partial charge is 0.303 e. The van der Waals surface area contributed by atoms with Gasteiger partial charge in [0.15, 0.2) is 5.60 Å². The highest BCUT2D eigenvalue weighted by atomic mass is 35.5. The maximum atomic E-state index is 11.4. The number of hydrogen-bond acceptors (Lipinski definition) is 3. The van der Waals surface area contributed by atoms with E-state index >= 15 is 0 Å². The molecule has 0 saturated carbocycles. The molecule has 1 heterocycles. The first-order chi connectivity index (χ1) is 8.06. The van der Waals surface area contributed by atoms with Gasteiger partial charge in [-0.25, -0.2) is 0 Å². The van der Waals surface area contributed by atoms with E-state index in [1.165, 1.54) is 6.92 Å². The minimum absolute atomic E-state index is 0. The summed E-state index contributed by atoms with van der Waals surface area (Å²) in [5, 5.41) is 0. The third-order valence-corrected chi connectivity index (χ3v) is 3.76. The van der Waals surface area contributed by atoms with E-state index in [0.29, 0.717) is 0 Å². The number of benzene rings is 1. The van der Waals surface area contributed by atoms with Crippen LogP contribution in [0.2, 0.25) is 0 Å². The number of carbonyl (C=O) groups excluding carboxylic acids is 1. The quantitative estimate of drug-likeness (QED) is 0.773. The van der Waals surface area contributed by atoms with Gasteiger partial charge in [0.05, 0.1) is 6.04 Å². The molecular formula is C14H20ClNO2. The molecule has 0 spiro atoms. The number of esters is 1. The standard InChI is InChI=1S/C14H19NO2.ClH/c1-11-14(17-12(2)16,9-10-15(11)3)13-7-5-4-6-8-13;/h4-8,11H,9-10H2,1-3H3;1H. The highest BCUT2D eigenvalue weighted by molar-refractivity contribution is 5.85. The number of hydrogen-bond donors (Lipinski definition) is 0. The van der Waals surface area contributed by atoms with Gasteiger partial charge in [-0.3, -0.25) is 9.69 Å². The number of ether oxygens (including phenoxy) is 1. The molecule has 0 amide bonds. The van der Waals surface area contributed by atoms with Gasteiger partial charge in [-0.2, -0.15) is 0 Å². The molecule has 1 saturated heterocycles. The lowest BCUT2D eigenvalue weighted by atomic mass is 9.87. The van der Waals surface area contributed by atoms with Gasteiger partial charge >= 0.3 is 5.97 Å². The zero-order chi connectivity index (χ0) is 12.5. The van der Waals surface area contributed by atoms with Crippen molar-refractivity contribution in [2.24, 2.45) is 0 Å². The number of likely N-dealkylation sites (tertiary alicyclic amines) is 1. The molecular weight excluding hydrogens is 250 g/mol. The van der Waals surface area contributed by atoms with E-state index in [1.54, 1.807) is 0 Å². The number of nitrogens with zero attached hydrogens (tertiary/aromatic N) is 1. The zero-order valence-electron chi connectivity index (χ0n) is 11.1. The first kappa shape index (κ1) is 15.0. The Balaban J connectivity index is 0.00000162. The monoisotopic (exact) mass is 269 g/mol. The second kappa shape index (κ2) is 5.72. The summed E-state index contributed by atoms with van der Waals surface area (Å²) < 4.78 is 5.69. The van der Waals surface area contributed by atoms with Crippen molar-refractivity contribution >= 4 is 18.4 Å². The van der Waals surface area contributed by atoms with Crippen molar-refractivity contribution in [2.45, 2.75) is 31.9 Å². The molecule has 0 bridgehead atoms. The van der Waals surface area contributed by atoms with Crippen LogP contribution in [0.1, 0.15) is 25.8 Å². The molecule has 18 heavy (non-hydrogen) atoms. The zero-order valence-corrected chi connectivity index (χ0v) is 11.9. The highest BCUT2D eigenvalue weighted by Gasteiger charge is 2.47. The fraction of sp³-hybridized carbons (Fsp3) is 0.500. The van der Waals surface area contributed by atoms with Crippen LogP contribution in [0.5, 0.6) is 0 Å². The average Bonchev–Trinajstić information content (AvgIpc) is 2.59. The van der Waals surface area contributed by atoms with Gasteiger partial charge in [0.25, 0.3) is 0 Å². The van der Waals surface area contributed by atoms with Gasteiger partial charge in [-0.15, -0.1) is 12.4 Å². The summed E-state index contributed by atoms with van der Waals surface area (Å²) in [6, 6.07) is 10.2. The first-order valence-corrected chi connectivity index (χ1v) is 6.01. The first-order valence-electron chi connectivity index (χ1n) is 6.01. The summed E-state index contributed by atoms with van der Waals surface area (Å²) in [4.78, 5) is 13.6. The molecule has 4 heteroatoms. The summed E-state index contributed by atoms with van der Waals surface area (Å²) in [5.74, 6) is -0.212. The number of halogens is 1. The van der Waals surface area contributed by atoms with Gasteiger partial charge < -0.3 is 4.74 Å². The molecule has 1 aromatic carbocycles. The third kappa shape index (κ3) is 2.52. The van der Waals surface area contributed by atoms with Crippen LogP contribution < -0.4 is 0 Å². The Kier molecular flexibility index (Phi) is 4.77. The number of likely N-dealkylation sites (N-methyl/N-ethyl adjacent to an activating group) is 1. The summed E-state index contributed by atoms with van der Waals surface area (Å²) in [7, 11) is 2.07. The second-order valence-electron chi connectivity index (χ2n) is 4.76.